The predicted octanol–water partition coefficient (Wildman–Crippen LogP) is 3.42. The molecule has 0 aromatic heterocycles. The highest BCUT2D eigenvalue weighted by molar-refractivity contribution is 6.32. The Kier molecular flexibility index (Phi) is 3.95. The molecule has 0 radical (unpaired) electrons. The van der Waals surface area contributed by atoms with Crippen molar-refractivity contribution in [1.82, 2.24) is 0 Å². The highest BCUT2D eigenvalue weighted by Gasteiger charge is 2.75. The number of nitrogens with one attached hydrogen (secondary N) is 1. The molecule has 2 atom stereocenters. The van der Waals surface area contributed by atoms with Crippen LogP contribution in [0.5, 0.6) is 11.5 Å². The van der Waals surface area contributed by atoms with Crippen molar-refractivity contribution in [3.63, 3.8) is 0 Å². The van der Waals surface area contributed by atoms with E-state index in [0.717, 1.165) is 0 Å². The molecular formula is C18H22ClNO5. The van der Waals surface area contributed by atoms with Gasteiger partial charge in [-0.05, 0) is 25.8 Å². The maximum atomic E-state index is 13.1. The summed E-state index contributed by atoms with van der Waals surface area (Å²) in [6.45, 7) is 5.67. The molecule has 1 heterocycles. The van der Waals surface area contributed by atoms with Gasteiger partial charge in [-0.25, -0.2) is 0 Å². The van der Waals surface area contributed by atoms with E-state index in [1.807, 2.05) is 20.8 Å². The molecule has 0 spiro atoms. The van der Waals surface area contributed by atoms with E-state index in [1.54, 1.807) is 12.1 Å². The van der Waals surface area contributed by atoms with Crippen molar-refractivity contribution in [2.45, 2.75) is 39.2 Å². The third-order valence-corrected chi connectivity index (χ3v) is 6.47. The van der Waals surface area contributed by atoms with Crippen LogP contribution in [0.2, 0.25) is 5.02 Å². The maximum absolute atomic E-state index is 13.1. The van der Waals surface area contributed by atoms with E-state index in [2.05, 4.69) is 5.32 Å². The molecule has 1 aliphatic carbocycles. The van der Waals surface area contributed by atoms with Crippen molar-refractivity contribution in [3.05, 3.63) is 17.2 Å². The third-order valence-electron chi connectivity index (χ3n) is 6.17. The van der Waals surface area contributed by atoms with Gasteiger partial charge in [-0.2, -0.15) is 0 Å². The Morgan fingerprint density at radius 1 is 1.16 bits per heavy atom. The number of esters is 1. The average Bonchev–Trinajstić information content (AvgIpc) is 2.85. The van der Waals surface area contributed by atoms with Gasteiger partial charge in [-0.3, -0.25) is 9.59 Å². The summed E-state index contributed by atoms with van der Waals surface area (Å²) >= 11 is 6.16. The average molecular weight is 368 g/mol. The van der Waals surface area contributed by atoms with Crippen LogP contribution in [0.25, 0.3) is 0 Å². The Balaban J connectivity index is 1.96. The van der Waals surface area contributed by atoms with Crippen LogP contribution in [0.3, 0.4) is 0 Å². The zero-order valence-corrected chi connectivity index (χ0v) is 15.7. The normalized spacial score (nSPS) is 29.3. The lowest BCUT2D eigenvalue weighted by atomic mass is 9.66. The molecule has 2 aliphatic rings. The van der Waals surface area contributed by atoms with E-state index >= 15 is 0 Å². The fourth-order valence-corrected chi connectivity index (χ4v) is 4.17. The summed E-state index contributed by atoms with van der Waals surface area (Å²) in [6.07, 6.45) is 1.10. The fourth-order valence-electron chi connectivity index (χ4n) is 3.93. The van der Waals surface area contributed by atoms with Crippen molar-refractivity contribution in [2.75, 3.05) is 19.5 Å². The van der Waals surface area contributed by atoms with E-state index in [9.17, 15) is 9.59 Å². The van der Waals surface area contributed by atoms with Crippen molar-refractivity contribution in [2.24, 2.45) is 10.8 Å². The smallest absolute Gasteiger partial charge is 0.313 e. The van der Waals surface area contributed by atoms with E-state index < -0.39 is 16.4 Å². The number of methoxy groups -OCH3 is 2. The molecule has 6 nitrogen and oxygen atoms in total. The number of ether oxygens (including phenoxy) is 3. The van der Waals surface area contributed by atoms with Gasteiger partial charge in [-0.15, -0.1) is 0 Å². The summed E-state index contributed by atoms with van der Waals surface area (Å²) in [5, 5.41) is 3.17. The molecule has 1 saturated heterocycles. The highest BCUT2D eigenvalue weighted by atomic mass is 35.5. The summed E-state index contributed by atoms with van der Waals surface area (Å²) in [5.41, 5.74) is -2.08. The number of anilines is 1. The first-order valence-electron chi connectivity index (χ1n) is 8.09. The van der Waals surface area contributed by atoms with Crippen LogP contribution in [-0.4, -0.2) is 31.7 Å². The molecule has 1 N–H and O–H groups in total. The summed E-state index contributed by atoms with van der Waals surface area (Å²) in [4.78, 5) is 25.4. The van der Waals surface area contributed by atoms with Gasteiger partial charge in [0.15, 0.2) is 5.60 Å². The minimum atomic E-state index is -1.20. The van der Waals surface area contributed by atoms with E-state index in [-0.39, 0.29) is 11.9 Å². The van der Waals surface area contributed by atoms with Crippen LogP contribution < -0.4 is 14.8 Å². The summed E-state index contributed by atoms with van der Waals surface area (Å²) in [7, 11) is 2.99. The molecule has 1 saturated carbocycles. The van der Waals surface area contributed by atoms with Crippen molar-refractivity contribution >= 4 is 29.2 Å². The number of carbonyl (C=O) groups excluding carboxylic acids is 2. The molecule has 7 heteroatoms. The summed E-state index contributed by atoms with van der Waals surface area (Å²) in [6, 6.07) is 3.16. The van der Waals surface area contributed by atoms with Gasteiger partial charge in [0.1, 0.15) is 11.5 Å². The lowest BCUT2D eigenvalue weighted by Crippen LogP contribution is -2.50. The number of fused-ring (bicyclic) bond motifs is 2. The van der Waals surface area contributed by atoms with Crippen LogP contribution in [0.1, 0.15) is 33.6 Å². The van der Waals surface area contributed by atoms with Crippen LogP contribution in [0.4, 0.5) is 5.69 Å². The molecule has 136 valence electrons. The second kappa shape index (κ2) is 5.53. The first-order valence-corrected chi connectivity index (χ1v) is 8.47. The lowest BCUT2D eigenvalue weighted by molar-refractivity contribution is -0.165. The second-order valence-electron chi connectivity index (χ2n) is 7.31. The molecule has 25 heavy (non-hydrogen) atoms. The summed E-state index contributed by atoms with van der Waals surface area (Å²) in [5.74, 6) is 0.162. The molecule has 1 aromatic carbocycles. The molecule has 2 fully saturated rings. The van der Waals surface area contributed by atoms with E-state index in [4.69, 9.17) is 25.8 Å². The third kappa shape index (κ3) is 2.16. The van der Waals surface area contributed by atoms with Gasteiger partial charge >= 0.3 is 5.97 Å². The van der Waals surface area contributed by atoms with Crippen LogP contribution in [0.15, 0.2) is 12.1 Å². The van der Waals surface area contributed by atoms with Crippen molar-refractivity contribution in [3.8, 4) is 11.5 Å². The Hall–Kier alpha value is -1.95. The molecule has 0 unspecified atom stereocenters. The highest BCUT2D eigenvalue weighted by Crippen LogP contribution is 2.65. The van der Waals surface area contributed by atoms with Gasteiger partial charge in [0, 0.05) is 11.5 Å². The molecule has 2 bridgehead atoms. The van der Waals surface area contributed by atoms with Crippen LogP contribution in [-0.2, 0) is 14.3 Å². The number of amides is 1. The summed E-state index contributed by atoms with van der Waals surface area (Å²) < 4.78 is 16.1. The first kappa shape index (κ1) is 17.9. The van der Waals surface area contributed by atoms with Gasteiger partial charge in [0.2, 0.25) is 0 Å². The Morgan fingerprint density at radius 3 is 2.28 bits per heavy atom. The number of benzene rings is 1. The largest absolute Gasteiger partial charge is 0.495 e. The molecular weight excluding hydrogens is 346 g/mol. The molecule has 1 aromatic rings. The number of hydrogen-bond acceptors (Lipinski definition) is 5. The number of hydrogen-bond donors (Lipinski definition) is 1. The number of halogens is 1. The standard InChI is InChI=1S/C18H22ClNO5/c1-16(2)17(3)6-7-18(16,25-15(17)22)14(21)20-11-8-10(19)12(23-4)9-13(11)24-5/h8-9H,6-7H2,1-5H3,(H,20,21)/t17-,18-/m1/s1. The van der Waals surface area contributed by atoms with Crippen LogP contribution in [0, 0.1) is 10.8 Å². The molecule has 1 amide bonds. The van der Waals surface area contributed by atoms with E-state index in [0.29, 0.717) is 35.1 Å². The SMILES string of the molecule is COc1cc(OC)c(NC(=O)[C@@]23CC[C@](C)(C(=O)O2)C3(C)C)cc1Cl. The topological polar surface area (TPSA) is 73.9 Å². The van der Waals surface area contributed by atoms with Gasteiger partial charge in [0.05, 0.1) is 30.3 Å². The second-order valence-corrected chi connectivity index (χ2v) is 7.72. The molecule has 1 aliphatic heterocycles. The first-order chi connectivity index (χ1) is 11.6. The Bertz CT molecular complexity index is 762. The number of rotatable bonds is 4. The number of carbonyl (C=O) groups is 2. The minimum absolute atomic E-state index is 0.321. The van der Waals surface area contributed by atoms with Gasteiger partial charge in [0.25, 0.3) is 5.91 Å². The molecule has 3 rings (SSSR count). The van der Waals surface area contributed by atoms with Gasteiger partial charge in [-0.1, -0.05) is 25.4 Å². The van der Waals surface area contributed by atoms with Crippen molar-refractivity contribution in [1.29, 1.82) is 0 Å². The monoisotopic (exact) mass is 367 g/mol. The zero-order valence-electron chi connectivity index (χ0n) is 15.0. The predicted molar refractivity (Wildman–Crippen MR) is 93.1 cm³/mol. The van der Waals surface area contributed by atoms with E-state index in [1.165, 1.54) is 14.2 Å². The van der Waals surface area contributed by atoms with Gasteiger partial charge < -0.3 is 19.5 Å². The lowest BCUT2D eigenvalue weighted by Gasteiger charge is -2.35. The van der Waals surface area contributed by atoms with Crippen molar-refractivity contribution < 1.29 is 23.8 Å². The minimum Gasteiger partial charge on any atom is -0.495 e. The Morgan fingerprint density at radius 2 is 1.80 bits per heavy atom. The zero-order chi connectivity index (χ0) is 18.6. The quantitative estimate of drug-likeness (QED) is 0.825. The Labute approximate surface area is 151 Å². The fraction of sp³-hybridized carbons (Fsp3) is 0.556. The maximum Gasteiger partial charge on any atom is 0.313 e. The van der Waals surface area contributed by atoms with Crippen LogP contribution >= 0.6 is 11.6 Å².